The minimum Gasteiger partial charge on any atom is -0.386 e. The molecule has 56 heavy (non-hydrogen) atoms. The summed E-state index contributed by atoms with van der Waals surface area (Å²) in [6.07, 6.45) is 15.9. The summed E-state index contributed by atoms with van der Waals surface area (Å²) in [4.78, 5) is 79.2. The first-order chi connectivity index (χ1) is 26.5. The minimum atomic E-state index is -0.921. The lowest BCUT2D eigenvalue weighted by molar-refractivity contribution is -0.141. The molecule has 2 spiro atoms. The van der Waals surface area contributed by atoms with Gasteiger partial charge in [0.05, 0.1) is 12.0 Å². The van der Waals surface area contributed by atoms with Gasteiger partial charge in [-0.1, -0.05) is 73.6 Å². The standard InChI is InChI=1S/C44H71N7O5/c1-7-13-31(34(52)39(55)46-29-17-18-29)47-36(45)32-24-44(42(5,6)43(44)21-12-22-43)26-51(32)40(56)35(41(2,3)4)49-38(54)33(27-14-9-8-10-15-27)48-37(53)28-16-11-23-50(25-28)30-19-20-30/h27-33,35H,7-26H2,1-6H3,(H2,45,47)(H,46,55)(H,48,53)(H,49,54)/t28-,31-,32-,33?,35+,44+/m0/s1. The fourth-order valence-corrected chi connectivity index (χ4v) is 11.7. The van der Waals surface area contributed by atoms with Gasteiger partial charge in [0.1, 0.15) is 24.0 Å². The second-order valence-corrected chi connectivity index (χ2v) is 20.6. The molecule has 0 aromatic heterocycles. The Morgan fingerprint density at radius 1 is 0.875 bits per heavy atom. The van der Waals surface area contributed by atoms with E-state index in [1.165, 1.54) is 12.8 Å². The number of carbonyl (C=O) groups excluding carboxylic acids is 5. The molecule has 5 saturated carbocycles. The van der Waals surface area contributed by atoms with Crippen LogP contribution in [0.25, 0.3) is 0 Å². The molecule has 2 aliphatic heterocycles. The monoisotopic (exact) mass is 778 g/mol. The Morgan fingerprint density at radius 3 is 2.14 bits per heavy atom. The number of nitrogens with two attached hydrogens (primary N) is 1. The van der Waals surface area contributed by atoms with Crippen molar-refractivity contribution in [3.8, 4) is 0 Å². The van der Waals surface area contributed by atoms with Gasteiger partial charge in [-0.3, -0.25) is 33.9 Å². The zero-order valence-corrected chi connectivity index (χ0v) is 35.2. The van der Waals surface area contributed by atoms with E-state index >= 15 is 4.79 Å². The number of hydrogen-bond donors (Lipinski definition) is 4. The molecule has 12 heteroatoms. The molecular formula is C44H71N7O5. The molecule has 2 heterocycles. The molecule has 7 fully saturated rings. The van der Waals surface area contributed by atoms with Gasteiger partial charge in [0.15, 0.2) is 0 Å². The number of piperidine rings is 1. The third-order valence-electron chi connectivity index (χ3n) is 15.7. The first-order valence-corrected chi connectivity index (χ1v) is 22.4. The van der Waals surface area contributed by atoms with Crippen LogP contribution in [0.5, 0.6) is 0 Å². The molecule has 2 saturated heterocycles. The molecular weight excluding hydrogens is 707 g/mol. The van der Waals surface area contributed by atoms with E-state index in [9.17, 15) is 19.2 Å². The van der Waals surface area contributed by atoms with Gasteiger partial charge in [0.2, 0.25) is 23.5 Å². The van der Waals surface area contributed by atoms with Crippen LogP contribution < -0.4 is 21.7 Å². The van der Waals surface area contributed by atoms with Crippen LogP contribution in [-0.2, 0) is 24.0 Å². The number of amidine groups is 1. The van der Waals surface area contributed by atoms with Gasteiger partial charge in [0, 0.05) is 30.6 Å². The predicted molar refractivity (Wildman–Crippen MR) is 216 cm³/mol. The summed E-state index contributed by atoms with van der Waals surface area (Å²) < 4.78 is 0. The van der Waals surface area contributed by atoms with Crippen molar-refractivity contribution in [3.05, 3.63) is 0 Å². The zero-order valence-electron chi connectivity index (χ0n) is 35.2. The molecule has 4 amide bonds. The van der Waals surface area contributed by atoms with E-state index in [1.807, 2.05) is 32.6 Å². The van der Waals surface area contributed by atoms with E-state index in [-0.39, 0.29) is 57.7 Å². The number of likely N-dealkylation sites (tertiary alicyclic amines) is 2. The van der Waals surface area contributed by atoms with Crippen LogP contribution in [0.1, 0.15) is 151 Å². The topological polar surface area (TPSA) is 166 Å². The van der Waals surface area contributed by atoms with Crippen molar-refractivity contribution in [1.29, 1.82) is 0 Å². The Hall–Kier alpha value is -3.02. The second-order valence-electron chi connectivity index (χ2n) is 20.6. The average Bonchev–Trinajstić information content (AvgIpc) is 4.10. The number of Topliss-reactive ketones (excluding diaryl/α,β-unsaturated/α-hetero) is 1. The molecule has 12 nitrogen and oxygen atoms in total. The highest BCUT2D eigenvalue weighted by molar-refractivity contribution is 6.38. The number of carbonyl (C=O) groups is 5. The fraction of sp³-hybridized carbons (Fsp3) is 0.864. The highest BCUT2D eigenvalue weighted by Crippen LogP contribution is 2.88. The molecule has 7 aliphatic rings. The summed E-state index contributed by atoms with van der Waals surface area (Å²) >= 11 is 0. The third-order valence-corrected chi connectivity index (χ3v) is 15.7. The summed E-state index contributed by atoms with van der Waals surface area (Å²) in [5.41, 5.74) is 6.20. The van der Waals surface area contributed by atoms with E-state index in [1.54, 1.807) is 0 Å². The van der Waals surface area contributed by atoms with Gasteiger partial charge < -0.3 is 26.6 Å². The number of nitrogens with one attached hydrogen (secondary N) is 3. The summed E-state index contributed by atoms with van der Waals surface area (Å²) in [7, 11) is 0. The van der Waals surface area contributed by atoms with Crippen LogP contribution in [0.4, 0.5) is 0 Å². The summed E-state index contributed by atoms with van der Waals surface area (Å²) in [5, 5.41) is 9.29. The number of fused-ring (bicyclic) bond motifs is 1. The van der Waals surface area contributed by atoms with E-state index in [0.29, 0.717) is 31.8 Å². The Balaban J connectivity index is 1.14. The summed E-state index contributed by atoms with van der Waals surface area (Å²) in [6.45, 7) is 14.8. The average molecular weight is 778 g/mol. The maximum absolute atomic E-state index is 15.2. The first kappa shape index (κ1) is 41.2. The van der Waals surface area contributed by atoms with E-state index in [2.05, 4.69) is 34.7 Å². The van der Waals surface area contributed by atoms with Gasteiger partial charge in [-0.2, -0.15) is 0 Å². The Kier molecular flexibility index (Phi) is 11.5. The van der Waals surface area contributed by atoms with Crippen molar-refractivity contribution >= 4 is 35.2 Å². The molecule has 0 aromatic carbocycles. The fourth-order valence-electron chi connectivity index (χ4n) is 11.7. The number of rotatable bonds is 14. The van der Waals surface area contributed by atoms with Crippen LogP contribution in [0.15, 0.2) is 4.99 Å². The van der Waals surface area contributed by atoms with Crippen LogP contribution in [0, 0.1) is 33.5 Å². The van der Waals surface area contributed by atoms with Crippen LogP contribution in [0.2, 0.25) is 0 Å². The van der Waals surface area contributed by atoms with Gasteiger partial charge in [-0.05, 0) is 106 Å². The molecule has 5 aliphatic carbocycles. The SMILES string of the molecule is CCC[C@H](N=C(N)[C@@H]1C[C@@]2(CN1C(=O)[C@@H](NC(=O)C(NC(=O)[C@H]1CCCN(C3CC3)C1)C1CCCCC1)C(C)(C)C)C(C)(C)C21CCC1)C(=O)C(=O)NC1CC1. The molecule has 312 valence electrons. The van der Waals surface area contributed by atoms with Crippen LogP contribution in [-0.4, -0.2) is 101 Å². The van der Waals surface area contributed by atoms with Crippen LogP contribution >= 0.6 is 0 Å². The van der Waals surface area contributed by atoms with Crippen molar-refractivity contribution in [2.45, 2.75) is 187 Å². The highest BCUT2D eigenvalue weighted by Gasteiger charge is 2.85. The molecule has 0 radical (unpaired) electrons. The van der Waals surface area contributed by atoms with Crippen molar-refractivity contribution in [1.82, 2.24) is 25.8 Å². The highest BCUT2D eigenvalue weighted by atomic mass is 16.2. The maximum atomic E-state index is 15.2. The number of hydrogen-bond acceptors (Lipinski definition) is 7. The molecule has 6 atom stereocenters. The number of nitrogens with zero attached hydrogens (tertiary/aromatic N) is 3. The third kappa shape index (κ3) is 7.66. The maximum Gasteiger partial charge on any atom is 0.289 e. The van der Waals surface area contributed by atoms with Gasteiger partial charge in [0.25, 0.3) is 5.91 Å². The largest absolute Gasteiger partial charge is 0.386 e. The zero-order chi connectivity index (χ0) is 40.2. The second kappa shape index (κ2) is 15.6. The lowest BCUT2D eigenvalue weighted by Crippen LogP contribution is -2.62. The minimum absolute atomic E-state index is 0.00742. The van der Waals surface area contributed by atoms with Crippen molar-refractivity contribution < 1.29 is 24.0 Å². The van der Waals surface area contributed by atoms with Crippen LogP contribution in [0.3, 0.4) is 0 Å². The van der Waals surface area contributed by atoms with Crippen molar-refractivity contribution in [3.63, 3.8) is 0 Å². The lowest BCUT2D eigenvalue weighted by atomic mass is 9.73. The number of amides is 4. The molecule has 7 rings (SSSR count). The normalized spacial score (nSPS) is 30.6. The molecule has 1 unspecified atom stereocenters. The molecule has 0 bridgehead atoms. The van der Waals surface area contributed by atoms with E-state index in [4.69, 9.17) is 10.7 Å². The van der Waals surface area contributed by atoms with Crippen molar-refractivity contribution in [2.24, 2.45) is 44.2 Å². The van der Waals surface area contributed by atoms with Gasteiger partial charge in [-0.25, -0.2) is 0 Å². The Bertz CT molecular complexity index is 1570. The lowest BCUT2D eigenvalue weighted by Gasteiger charge is -2.38. The van der Waals surface area contributed by atoms with Gasteiger partial charge >= 0.3 is 0 Å². The summed E-state index contributed by atoms with van der Waals surface area (Å²) in [5.74, 6) is -1.69. The van der Waals surface area contributed by atoms with E-state index < -0.39 is 41.3 Å². The summed E-state index contributed by atoms with van der Waals surface area (Å²) in [6, 6.07) is -2.45. The van der Waals surface area contributed by atoms with Crippen molar-refractivity contribution in [2.75, 3.05) is 19.6 Å². The number of ketones is 1. The van der Waals surface area contributed by atoms with Gasteiger partial charge in [-0.15, -0.1) is 0 Å². The van der Waals surface area contributed by atoms with E-state index in [0.717, 1.165) is 90.1 Å². The molecule has 0 aromatic rings. The Labute approximate surface area is 335 Å². The smallest absolute Gasteiger partial charge is 0.289 e. The Morgan fingerprint density at radius 2 is 1.57 bits per heavy atom. The quantitative estimate of drug-likeness (QED) is 0.113. The number of aliphatic imine (C=N–C) groups is 1. The first-order valence-electron chi connectivity index (χ1n) is 22.4. The molecule has 5 N–H and O–H groups in total. The predicted octanol–water partition coefficient (Wildman–Crippen LogP) is 4.63.